The summed E-state index contributed by atoms with van der Waals surface area (Å²) < 4.78 is 38.4. The summed E-state index contributed by atoms with van der Waals surface area (Å²) >= 11 is 7.39. The molecule has 0 aliphatic heterocycles. The number of hydrogen-bond acceptors (Lipinski definition) is 7. The number of nitrogens with zero attached hydrogens (tertiary/aromatic N) is 2. The van der Waals surface area contributed by atoms with Gasteiger partial charge in [0.1, 0.15) is 6.07 Å². The maximum absolute atomic E-state index is 13.4. The van der Waals surface area contributed by atoms with Crippen LogP contribution in [0.15, 0.2) is 46.7 Å². The second kappa shape index (κ2) is 8.30. The van der Waals surface area contributed by atoms with E-state index in [0.717, 1.165) is 12.8 Å². The van der Waals surface area contributed by atoms with Gasteiger partial charge in [0.25, 0.3) is 10.0 Å². The molecule has 2 aromatic carbocycles. The van der Waals surface area contributed by atoms with Crippen molar-refractivity contribution in [3.8, 4) is 17.3 Å². The lowest BCUT2D eigenvalue weighted by Crippen LogP contribution is -2.17. The van der Waals surface area contributed by atoms with Gasteiger partial charge in [0, 0.05) is 10.9 Å². The van der Waals surface area contributed by atoms with E-state index in [2.05, 4.69) is 9.10 Å². The molecule has 0 atom stereocenters. The Balaban J connectivity index is 1.83. The number of rotatable bonds is 6. The van der Waals surface area contributed by atoms with E-state index in [1.807, 2.05) is 6.07 Å². The fraction of sp³-hybridized carbons (Fsp3) is 0.190. The first kappa shape index (κ1) is 21.3. The lowest BCUT2D eigenvalue weighted by molar-refractivity contribution is 0.0600. The molecular weight excluding hydrogens is 458 g/mol. The Kier molecular flexibility index (Phi) is 5.71. The Hall–Kier alpha value is -2.93. The van der Waals surface area contributed by atoms with E-state index in [9.17, 15) is 18.5 Å². The molecule has 0 unspecified atom stereocenters. The van der Waals surface area contributed by atoms with Crippen molar-refractivity contribution < 1.29 is 17.9 Å². The van der Waals surface area contributed by atoms with E-state index >= 15 is 0 Å². The SMILES string of the molecule is COC(=O)c1ccc(C2CC2)c(S(=O)(=O)Nc2cc(C#N)c(Cl)cc2-c2ccsn2)c1. The number of hydrogen-bond donors (Lipinski definition) is 1. The third-order valence-corrected chi connectivity index (χ3v) is 7.22. The van der Waals surface area contributed by atoms with Gasteiger partial charge in [-0.05, 0) is 66.2 Å². The maximum Gasteiger partial charge on any atom is 0.337 e. The first-order valence-corrected chi connectivity index (χ1v) is 11.9. The van der Waals surface area contributed by atoms with E-state index in [1.165, 1.54) is 36.8 Å². The molecule has 0 spiro atoms. The van der Waals surface area contributed by atoms with Crippen molar-refractivity contribution in [1.82, 2.24) is 4.37 Å². The number of carbonyl (C=O) groups is 1. The van der Waals surface area contributed by atoms with E-state index in [-0.39, 0.29) is 32.7 Å². The van der Waals surface area contributed by atoms with Crippen molar-refractivity contribution in [3.63, 3.8) is 0 Å². The Bertz CT molecular complexity index is 1310. The van der Waals surface area contributed by atoms with E-state index in [1.54, 1.807) is 23.6 Å². The van der Waals surface area contributed by atoms with Crippen molar-refractivity contribution >= 4 is 44.8 Å². The Morgan fingerprint density at radius 3 is 2.68 bits per heavy atom. The lowest BCUT2D eigenvalue weighted by atomic mass is 10.1. The van der Waals surface area contributed by atoms with Gasteiger partial charge in [0.15, 0.2) is 0 Å². The third-order valence-electron chi connectivity index (χ3n) is 4.93. The van der Waals surface area contributed by atoms with Gasteiger partial charge in [-0.15, -0.1) is 0 Å². The molecule has 158 valence electrons. The van der Waals surface area contributed by atoms with Crippen LogP contribution in [0.5, 0.6) is 0 Å². The van der Waals surface area contributed by atoms with E-state index in [4.69, 9.17) is 16.3 Å². The van der Waals surface area contributed by atoms with Gasteiger partial charge in [-0.2, -0.15) is 9.64 Å². The molecule has 0 radical (unpaired) electrons. The number of anilines is 1. The molecule has 0 saturated heterocycles. The molecule has 3 aromatic rings. The van der Waals surface area contributed by atoms with Gasteiger partial charge in [-0.1, -0.05) is 17.7 Å². The average Bonchev–Trinajstić information content (AvgIpc) is 3.47. The molecule has 0 bridgehead atoms. The minimum Gasteiger partial charge on any atom is -0.465 e. The van der Waals surface area contributed by atoms with Crippen LogP contribution in [-0.2, 0) is 14.8 Å². The van der Waals surface area contributed by atoms with Crippen LogP contribution >= 0.6 is 23.1 Å². The lowest BCUT2D eigenvalue weighted by Gasteiger charge is -2.16. The summed E-state index contributed by atoms with van der Waals surface area (Å²) in [5.74, 6) is -0.503. The van der Waals surface area contributed by atoms with E-state index < -0.39 is 16.0 Å². The molecule has 1 aliphatic rings. The summed E-state index contributed by atoms with van der Waals surface area (Å²) in [6, 6.07) is 11.1. The van der Waals surface area contributed by atoms with Crippen LogP contribution in [0.25, 0.3) is 11.3 Å². The van der Waals surface area contributed by atoms with Gasteiger partial charge in [-0.25, -0.2) is 13.2 Å². The van der Waals surface area contributed by atoms with Crippen molar-refractivity contribution in [2.45, 2.75) is 23.7 Å². The first-order valence-electron chi connectivity index (χ1n) is 9.23. The average molecular weight is 474 g/mol. The van der Waals surface area contributed by atoms with Crippen LogP contribution in [0.4, 0.5) is 5.69 Å². The molecule has 1 heterocycles. The molecule has 1 aromatic heterocycles. The van der Waals surface area contributed by atoms with Crippen molar-refractivity contribution in [1.29, 1.82) is 5.26 Å². The first-order chi connectivity index (χ1) is 14.8. The number of aromatic nitrogens is 1. The van der Waals surface area contributed by atoms with Gasteiger partial charge in [0.2, 0.25) is 0 Å². The van der Waals surface area contributed by atoms with Crippen LogP contribution in [0.2, 0.25) is 5.02 Å². The van der Waals surface area contributed by atoms with Crippen LogP contribution in [0, 0.1) is 11.3 Å². The van der Waals surface area contributed by atoms with Gasteiger partial charge >= 0.3 is 5.97 Å². The molecule has 1 saturated carbocycles. The van der Waals surface area contributed by atoms with Gasteiger partial charge in [0.05, 0.1) is 39.5 Å². The molecule has 7 nitrogen and oxygen atoms in total. The highest BCUT2D eigenvalue weighted by atomic mass is 35.5. The predicted molar refractivity (Wildman–Crippen MR) is 118 cm³/mol. The number of methoxy groups -OCH3 is 1. The van der Waals surface area contributed by atoms with Gasteiger partial charge < -0.3 is 4.74 Å². The fourth-order valence-electron chi connectivity index (χ4n) is 3.25. The molecule has 31 heavy (non-hydrogen) atoms. The van der Waals surface area contributed by atoms with Crippen LogP contribution in [0.1, 0.15) is 40.2 Å². The van der Waals surface area contributed by atoms with Gasteiger partial charge in [-0.3, -0.25) is 4.72 Å². The largest absolute Gasteiger partial charge is 0.465 e. The Morgan fingerprint density at radius 2 is 2.06 bits per heavy atom. The van der Waals surface area contributed by atoms with E-state index in [0.29, 0.717) is 16.8 Å². The molecule has 1 N–H and O–H groups in total. The maximum atomic E-state index is 13.4. The van der Waals surface area contributed by atoms with Crippen LogP contribution in [0.3, 0.4) is 0 Å². The number of nitriles is 1. The zero-order chi connectivity index (χ0) is 22.2. The summed E-state index contributed by atoms with van der Waals surface area (Å²) in [6.45, 7) is 0. The molecule has 1 fully saturated rings. The summed E-state index contributed by atoms with van der Waals surface area (Å²) in [4.78, 5) is 12.0. The zero-order valence-electron chi connectivity index (χ0n) is 16.3. The highest BCUT2D eigenvalue weighted by Gasteiger charge is 2.32. The third kappa shape index (κ3) is 4.28. The zero-order valence-corrected chi connectivity index (χ0v) is 18.6. The van der Waals surface area contributed by atoms with Crippen LogP contribution < -0.4 is 4.72 Å². The molecule has 10 heteroatoms. The smallest absolute Gasteiger partial charge is 0.337 e. The molecular formula is C21H16ClN3O4S2. The number of sulfonamides is 1. The fourth-order valence-corrected chi connectivity index (χ4v) is 5.37. The number of nitrogens with one attached hydrogen (secondary N) is 1. The molecule has 4 rings (SSSR count). The highest BCUT2D eigenvalue weighted by Crippen LogP contribution is 2.44. The van der Waals surface area contributed by atoms with Crippen LogP contribution in [-0.4, -0.2) is 25.9 Å². The number of esters is 1. The highest BCUT2D eigenvalue weighted by molar-refractivity contribution is 7.92. The number of benzene rings is 2. The number of ether oxygens (including phenoxy) is 1. The molecule has 0 amide bonds. The quantitative estimate of drug-likeness (QED) is 0.515. The summed E-state index contributed by atoms with van der Waals surface area (Å²) in [5, 5.41) is 11.3. The summed E-state index contributed by atoms with van der Waals surface area (Å²) in [7, 11) is -2.86. The topological polar surface area (TPSA) is 109 Å². The summed E-state index contributed by atoms with van der Waals surface area (Å²) in [5.41, 5.74) is 2.07. The van der Waals surface area contributed by atoms with Crippen molar-refractivity contribution in [3.05, 3.63) is 63.5 Å². The second-order valence-corrected chi connectivity index (χ2v) is 9.72. The standard InChI is InChI=1S/C21H16ClN3O4S2/c1-29-21(26)13-4-5-15(12-2-3-12)20(9-13)31(27,28)25-19-8-14(11-23)17(22)10-16(19)18-6-7-30-24-18/h4-10,12,25H,2-3H2,1H3. The summed E-state index contributed by atoms with van der Waals surface area (Å²) in [6.07, 6.45) is 1.76. The number of carbonyl (C=O) groups excluding carboxylic acids is 1. The number of halogens is 1. The second-order valence-electron chi connectivity index (χ2n) is 7.00. The predicted octanol–water partition coefficient (Wildman–Crippen LogP) is 4.80. The van der Waals surface area contributed by atoms with Crippen molar-refractivity contribution in [2.75, 3.05) is 11.8 Å². The molecule has 1 aliphatic carbocycles. The monoisotopic (exact) mass is 473 g/mol. The minimum atomic E-state index is -4.10. The minimum absolute atomic E-state index is 0.00980. The normalized spacial score (nSPS) is 13.5. The van der Waals surface area contributed by atoms with Crippen molar-refractivity contribution in [2.24, 2.45) is 0 Å². The Morgan fingerprint density at radius 1 is 1.29 bits per heavy atom. The Labute approximate surface area is 188 Å².